The van der Waals surface area contributed by atoms with Crippen LogP contribution in [0, 0.1) is 0 Å². The Labute approximate surface area is 389 Å². The van der Waals surface area contributed by atoms with Gasteiger partial charge in [0, 0.05) is 62.4 Å². The quantitative estimate of drug-likeness (QED) is 0.0464. The number of hydrogen-bond acceptors (Lipinski definition) is 13. The van der Waals surface area contributed by atoms with Crippen molar-refractivity contribution in [3.63, 3.8) is 0 Å². The number of phenolic OH excluding ortho intramolecular Hbond substituents is 1. The molecule has 0 unspecified atom stereocenters. The topological polar surface area (TPSA) is 163 Å². The van der Waals surface area contributed by atoms with Gasteiger partial charge in [-0.25, -0.2) is 4.79 Å². The van der Waals surface area contributed by atoms with Gasteiger partial charge in [-0.05, 0) is 97.5 Å². The highest BCUT2D eigenvalue weighted by Crippen LogP contribution is 2.42. The third-order valence-corrected chi connectivity index (χ3v) is 19.4. The highest BCUT2D eigenvalue weighted by molar-refractivity contribution is 7.12. The number of aromatic hydroxyl groups is 1. The molecule has 1 fully saturated rings. The maximum absolute atomic E-state index is 13.5. The van der Waals surface area contributed by atoms with Crippen LogP contribution in [0.1, 0.15) is 73.4 Å². The number of nitrogens with zero attached hydrogens (tertiary/aromatic N) is 2. The SMILES string of the molecule is COc1cc(OCC(=O)N(C)CCN(C)C2CCC(OC(=O)C(O)(c3cccs3)c3cccs3)CC2)c(Cl)cc1CNC[C@@H](O[Si](C)(C)C(C)(C)C)c1ccc(O)c2[nH]c(=O)ccc12. The number of hydrogen-bond donors (Lipinski definition) is 4. The molecule has 64 heavy (non-hydrogen) atoms. The Bertz CT molecular complexity index is 2380. The van der Waals surface area contributed by atoms with Crippen molar-refractivity contribution >= 4 is 65.4 Å². The van der Waals surface area contributed by atoms with Crippen LogP contribution in [0.25, 0.3) is 10.9 Å². The minimum Gasteiger partial charge on any atom is -0.506 e. The lowest BCUT2D eigenvalue weighted by Crippen LogP contribution is -2.44. The van der Waals surface area contributed by atoms with E-state index in [1.165, 1.54) is 28.7 Å². The monoisotopic (exact) mass is 952 g/mol. The summed E-state index contributed by atoms with van der Waals surface area (Å²) in [5.41, 5.74) is -0.138. The number of ether oxygens (including phenoxy) is 3. The predicted octanol–water partition coefficient (Wildman–Crippen LogP) is 8.43. The number of H-pyrrole nitrogens is 1. The van der Waals surface area contributed by atoms with E-state index in [1.807, 2.05) is 36.0 Å². The molecule has 1 saturated carbocycles. The maximum Gasteiger partial charge on any atom is 0.349 e. The van der Waals surface area contributed by atoms with Crippen LogP contribution in [0.5, 0.6) is 17.2 Å². The first-order valence-corrected chi connectivity index (χ1v) is 26.5. The van der Waals surface area contributed by atoms with E-state index < -0.39 is 26.0 Å². The minimum atomic E-state index is -2.29. The molecule has 0 aliphatic heterocycles. The van der Waals surface area contributed by atoms with Gasteiger partial charge in [0.2, 0.25) is 11.2 Å². The maximum atomic E-state index is 13.5. The first-order valence-electron chi connectivity index (χ1n) is 21.5. The second kappa shape index (κ2) is 20.9. The number of carbonyl (C=O) groups excluding carboxylic acids is 2. The summed E-state index contributed by atoms with van der Waals surface area (Å²) in [5.74, 6) is 0.00882. The molecule has 0 radical (unpaired) electrons. The molecule has 3 aromatic heterocycles. The van der Waals surface area contributed by atoms with Crippen LogP contribution in [0.3, 0.4) is 0 Å². The zero-order valence-corrected chi connectivity index (χ0v) is 41.3. The number of amides is 1. The smallest absolute Gasteiger partial charge is 0.349 e. The van der Waals surface area contributed by atoms with E-state index in [0.29, 0.717) is 76.2 Å². The van der Waals surface area contributed by atoms with Gasteiger partial charge in [0.25, 0.3) is 5.91 Å². The molecular formula is C47H61ClN4O9S2Si. The fourth-order valence-electron chi connectivity index (χ4n) is 7.64. The second-order valence-corrected chi connectivity index (χ2v) is 25.0. The van der Waals surface area contributed by atoms with Crippen molar-refractivity contribution in [1.82, 2.24) is 20.1 Å². The van der Waals surface area contributed by atoms with Gasteiger partial charge in [0.1, 0.15) is 23.4 Å². The molecule has 17 heteroatoms. The summed E-state index contributed by atoms with van der Waals surface area (Å²) in [4.78, 5) is 46.5. The van der Waals surface area contributed by atoms with Gasteiger partial charge in [-0.15, -0.1) is 22.7 Å². The lowest BCUT2D eigenvalue weighted by molar-refractivity contribution is -0.169. The lowest BCUT2D eigenvalue weighted by Gasteiger charge is -2.39. The average Bonchev–Trinajstić information content (AvgIpc) is 4.01. The summed E-state index contributed by atoms with van der Waals surface area (Å²) in [6.45, 7) is 12.6. The van der Waals surface area contributed by atoms with Crippen LogP contribution in [0.2, 0.25) is 23.2 Å². The number of pyridine rings is 1. The van der Waals surface area contributed by atoms with Crippen molar-refractivity contribution < 1.29 is 38.4 Å². The molecule has 0 spiro atoms. The minimum absolute atomic E-state index is 0.0117. The molecule has 1 amide bonds. The number of halogens is 1. The molecule has 0 saturated heterocycles. The summed E-state index contributed by atoms with van der Waals surface area (Å²) in [7, 11) is 3.07. The van der Waals surface area contributed by atoms with E-state index in [9.17, 15) is 24.6 Å². The Morgan fingerprint density at radius 1 is 0.969 bits per heavy atom. The van der Waals surface area contributed by atoms with E-state index in [-0.39, 0.29) is 41.0 Å². The number of aromatic nitrogens is 1. The molecule has 3 heterocycles. The van der Waals surface area contributed by atoms with Crippen LogP contribution < -0.4 is 20.3 Å². The standard InChI is InChI=1S/C47H61ClN4O9S2Si/c1-46(2,3)64(7,8)61-39(33-17-19-36(53)44-34(33)18-20-42(54)50-44)28-49-27-30-25-35(48)38(26-37(30)58-6)59-29-43(55)52(5)22-21-51(4)31-13-15-32(16-14-31)60-45(56)47(57,40-11-9-23-62-40)41-12-10-24-63-41/h9-12,17-20,23-26,31-32,39,49,53,57H,13-16,21-22,27-29H2,1-8H3,(H,50,54)/t31?,32?,39-/m1/s1. The first kappa shape index (κ1) is 49.2. The number of aromatic amines is 1. The summed E-state index contributed by atoms with van der Waals surface area (Å²) < 4.78 is 24.6. The summed E-state index contributed by atoms with van der Waals surface area (Å²) in [6, 6.07) is 17.4. The number of aliphatic hydroxyl groups is 1. The normalized spacial score (nSPS) is 16.5. The molecule has 1 atom stereocenters. The number of methoxy groups -OCH3 is 1. The Kier molecular flexibility index (Phi) is 16.1. The molecule has 5 aromatic rings. The first-order chi connectivity index (χ1) is 30.3. The average molecular weight is 954 g/mol. The van der Waals surface area contributed by atoms with Crippen LogP contribution in [0.15, 0.2) is 76.2 Å². The number of phenols is 1. The second-order valence-electron chi connectivity index (χ2n) is 18.0. The predicted molar refractivity (Wildman–Crippen MR) is 257 cm³/mol. The van der Waals surface area contributed by atoms with Crippen molar-refractivity contribution in [3.8, 4) is 17.2 Å². The van der Waals surface area contributed by atoms with Crippen LogP contribution in [-0.4, -0.2) is 105 Å². The van der Waals surface area contributed by atoms with Crippen molar-refractivity contribution in [2.24, 2.45) is 0 Å². The fraction of sp³-hybridized carbons (Fsp3) is 0.468. The largest absolute Gasteiger partial charge is 0.506 e. The number of thiophene rings is 2. The third kappa shape index (κ3) is 11.4. The van der Waals surface area contributed by atoms with Gasteiger partial charge in [-0.1, -0.05) is 50.6 Å². The van der Waals surface area contributed by atoms with E-state index in [0.717, 1.165) is 24.0 Å². The van der Waals surface area contributed by atoms with Crippen LogP contribution >= 0.6 is 34.3 Å². The van der Waals surface area contributed by atoms with Gasteiger partial charge in [0.15, 0.2) is 14.9 Å². The van der Waals surface area contributed by atoms with Crippen LogP contribution in [0.4, 0.5) is 0 Å². The van der Waals surface area contributed by atoms with Gasteiger partial charge in [0.05, 0.1) is 33.5 Å². The molecule has 1 aliphatic rings. The number of benzene rings is 2. The highest BCUT2D eigenvalue weighted by Gasteiger charge is 2.45. The zero-order valence-electron chi connectivity index (χ0n) is 37.9. The molecule has 6 rings (SSSR count). The van der Waals surface area contributed by atoms with E-state index in [1.54, 1.807) is 55.5 Å². The van der Waals surface area contributed by atoms with Crippen molar-refractivity contribution in [2.45, 2.75) is 95.0 Å². The summed E-state index contributed by atoms with van der Waals surface area (Å²) in [5, 5.41) is 30.3. The number of carbonyl (C=O) groups is 2. The van der Waals surface area contributed by atoms with Gasteiger partial charge in [-0.2, -0.15) is 0 Å². The molecular weight excluding hydrogens is 892 g/mol. The van der Waals surface area contributed by atoms with Gasteiger partial charge < -0.3 is 49.0 Å². The zero-order chi connectivity index (χ0) is 46.4. The Hall–Kier alpha value is -4.26. The number of rotatable bonds is 19. The Morgan fingerprint density at radius 3 is 2.25 bits per heavy atom. The lowest BCUT2D eigenvalue weighted by atomic mass is 9.91. The third-order valence-electron chi connectivity index (χ3n) is 12.6. The van der Waals surface area contributed by atoms with E-state index in [2.05, 4.69) is 49.1 Å². The fourth-order valence-corrected chi connectivity index (χ4v) is 10.9. The number of esters is 1. The molecule has 13 nitrogen and oxygen atoms in total. The van der Waals surface area contributed by atoms with Crippen molar-refractivity contribution in [1.29, 1.82) is 0 Å². The van der Waals surface area contributed by atoms with Crippen molar-refractivity contribution in [3.05, 3.63) is 108 Å². The van der Waals surface area contributed by atoms with Gasteiger partial charge in [-0.3, -0.25) is 9.59 Å². The molecule has 1 aliphatic carbocycles. The molecule has 2 aromatic carbocycles. The molecule has 4 N–H and O–H groups in total. The van der Waals surface area contributed by atoms with Crippen molar-refractivity contribution in [2.75, 3.05) is 47.4 Å². The summed E-state index contributed by atoms with van der Waals surface area (Å²) in [6.07, 6.45) is 2.31. The molecule has 0 bridgehead atoms. The Morgan fingerprint density at radius 2 is 1.64 bits per heavy atom. The number of nitrogens with one attached hydrogen (secondary N) is 2. The van der Waals surface area contributed by atoms with Crippen LogP contribution in [-0.2, 0) is 30.9 Å². The highest BCUT2D eigenvalue weighted by atomic mass is 35.5. The van der Waals surface area contributed by atoms with E-state index >= 15 is 0 Å². The summed E-state index contributed by atoms with van der Waals surface area (Å²) >= 11 is 9.39. The Balaban J connectivity index is 0.992. The molecule has 346 valence electrons. The van der Waals surface area contributed by atoms with Gasteiger partial charge >= 0.3 is 5.97 Å². The van der Waals surface area contributed by atoms with E-state index in [4.69, 9.17) is 30.2 Å². The number of fused-ring (bicyclic) bond motifs is 1. The number of likely N-dealkylation sites (N-methyl/N-ethyl adjacent to an activating group) is 2.